The fourth-order valence-corrected chi connectivity index (χ4v) is 4.66. The number of hydrogen-bond donors (Lipinski definition) is 2. The molecule has 0 radical (unpaired) electrons. The molecule has 1 unspecified atom stereocenters. The molecular formula is C28H38N2O4. The van der Waals surface area contributed by atoms with Crippen molar-refractivity contribution in [2.24, 2.45) is 5.92 Å². The fraction of sp³-hybridized carbons (Fsp3) is 0.500. The highest BCUT2D eigenvalue weighted by atomic mass is 16.4. The highest BCUT2D eigenvalue weighted by Gasteiger charge is 2.30. The molecule has 0 bridgehead atoms. The summed E-state index contributed by atoms with van der Waals surface area (Å²) in [7, 11) is 1.63. The molecule has 1 aliphatic carbocycles. The molecule has 1 saturated carbocycles. The lowest BCUT2D eigenvalue weighted by atomic mass is 9.82. The molecule has 2 aromatic rings. The Morgan fingerprint density at radius 3 is 2.44 bits per heavy atom. The maximum Gasteiger partial charge on any atom is 0.305 e. The number of carboxylic acids is 1. The number of benzene rings is 1. The van der Waals surface area contributed by atoms with Gasteiger partial charge in [-0.05, 0) is 80.5 Å². The maximum absolute atomic E-state index is 12.6. The summed E-state index contributed by atoms with van der Waals surface area (Å²) in [6.45, 7) is 6.57. The van der Waals surface area contributed by atoms with Gasteiger partial charge in [-0.3, -0.25) is 9.59 Å². The number of nitrogens with one attached hydrogen (secondary N) is 1. The lowest BCUT2D eigenvalue weighted by molar-refractivity contribution is -0.137. The molecule has 1 aromatic heterocycles. The Balaban J connectivity index is 1.82. The Kier molecular flexibility index (Phi) is 8.97. The topological polar surface area (TPSA) is 82.8 Å². The molecule has 34 heavy (non-hydrogen) atoms. The van der Waals surface area contributed by atoms with Crippen LogP contribution in [0.4, 0.5) is 5.69 Å². The van der Waals surface area contributed by atoms with E-state index in [0.717, 1.165) is 23.6 Å². The quantitative estimate of drug-likeness (QED) is 0.412. The maximum atomic E-state index is 12.6. The van der Waals surface area contributed by atoms with E-state index in [0.29, 0.717) is 11.5 Å². The average molecular weight is 467 g/mol. The van der Waals surface area contributed by atoms with E-state index in [1.807, 2.05) is 12.1 Å². The molecule has 2 N–H and O–H groups in total. The first-order chi connectivity index (χ1) is 16.3. The van der Waals surface area contributed by atoms with Gasteiger partial charge in [-0.2, -0.15) is 0 Å². The summed E-state index contributed by atoms with van der Waals surface area (Å²) in [6, 6.07) is 7.53. The van der Waals surface area contributed by atoms with Crippen molar-refractivity contribution in [3.63, 3.8) is 0 Å². The molecule has 1 aromatic carbocycles. The summed E-state index contributed by atoms with van der Waals surface area (Å²) in [4.78, 5) is 24.9. The molecule has 1 aliphatic rings. The smallest absolute Gasteiger partial charge is 0.305 e. The van der Waals surface area contributed by atoms with Crippen LogP contribution in [0.25, 0.3) is 6.08 Å². The van der Waals surface area contributed by atoms with E-state index in [1.165, 1.54) is 48.1 Å². The number of hydrogen-bond acceptors (Lipinski definition) is 4. The van der Waals surface area contributed by atoms with E-state index in [9.17, 15) is 9.59 Å². The minimum absolute atomic E-state index is 0.0672. The van der Waals surface area contributed by atoms with Gasteiger partial charge in [0.05, 0.1) is 12.5 Å². The zero-order valence-corrected chi connectivity index (χ0v) is 20.9. The molecule has 6 heteroatoms. The SMILES string of the molecule is CC/C=C\c1oc(C(Nc2ccc(C(=O)N(C)CCC(=O)O)cc2)C2CCCCC2)c(C)c1C. The van der Waals surface area contributed by atoms with Gasteiger partial charge in [0.2, 0.25) is 0 Å². The molecule has 1 fully saturated rings. The second-order valence-electron chi connectivity index (χ2n) is 9.36. The Morgan fingerprint density at radius 2 is 1.82 bits per heavy atom. The zero-order chi connectivity index (χ0) is 24.7. The number of amides is 1. The van der Waals surface area contributed by atoms with E-state index in [4.69, 9.17) is 9.52 Å². The summed E-state index contributed by atoms with van der Waals surface area (Å²) in [6.07, 6.45) is 11.2. The fourth-order valence-electron chi connectivity index (χ4n) is 4.66. The van der Waals surface area contributed by atoms with Gasteiger partial charge in [0.25, 0.3) is 5.91 Å². The van der Waals surface area contributed by atoms with Crippen molar-refractivity contribution < 1.29 is 19.1 Å². The molecular weight excluding hydrogens is 428 g/mol. The van der Waals surface area contributed by atoms with Gasteiger partial charge in [0.1, 0.15) is 11.5 Å². The summed E-state index contributed by atoms with van der Waals surface area (Å²) in [5.74, 6) is 1.34. The van der Waals surface area contributed by atoms with Crippen molar-refractivity contribution in [3.8, 4) is 0 Å². The van der Waals surface area contributed by atoms with Crippen LogP contribution in [0.5, 0.6) is 0 Å². The Hall–Kier alpha value is -3.02. The lowest BCUT2D eigenvalue weighted by Crippen LogP contribution is -2.29. The normalized spacial score (nSPS) is 15.4. The van der Waals surface area contributed by atoms with E-state index in [2.05, 4.69) is 38.2 Å². The van der Waals surface area contributed by atoms with Crippen LogP contribution < -0.4 is 5.32 Å². The first-order valence-corrected chi connectivity index (χ1v) is 12.4. The molecule has 0 aliphatic heterocycles. The largest absolute Gasteiger partial charge is 0.481 e. The number of carboxylic acid groups (broad SMARTS) is 1. The molecule has 184 valence electrons. The second kappa shape index (κ2) is 11.9. The van der Waals surface area contributed by atoms with E-state index in [1.54, 1.807) is 19.2 Å². The van der Waals surface area contributed by atoms with Crippen molar-refractivity contribution in [2.45, 2.75) is 71.8 Å². The third-order valence-corrected chi connectivity index (χ3v) is 6.89. The van der Waals surface area contributed by atoms with Crippen LogP contribution in [0.15, 0.2) is 34.8 Å². The monoisotopic (exact) mass is 466 g/mol. The highest BCUT2D eigenvalue weighted by molar-refractivity contribution is 5.94. The lowest BCUT2D eigenvalue weighted by Gasteiger charge is -2.31. The first kappa shape index (κ1) is 25.6. The number of aliphatic carboxylic acids is 1. The summed E-state index contributed by atoms with van der Waals surface area (Å²) >= 11 is 0. The number of nitrogens with zero attached hydrogens (tertiary/aromatic N) is 1. The van der Waals surface area contributed by atoms with Gasteiger partial charge in [-0.15, -0.1) is 0 Å². The Bertz CT molecular complexity index is 1000. The minimum atomic E-state index is -0.912. The van der Waals surface area contributed by atoms with Crippen molar-refractivity contribution in [2.75, 3.05) is 18.9 Å². The molecule has 6 nitrogen and oxygen atoms in total. The summed E-state index contributed by atoms with van der Waals surface area (Å²) in [5, 5.41) is 12.6. The molecule has 0 saturated heterocycles. The van der Waals surface area contributed by atoms with Gasteiger partial charge < -0.3 is 19.7 Å². The Morgan fingerprint density at radius 1 is 1.15 bits per heavy atom. The summed E-state index contributed by atoms with van der Waals surface area (Å²) < 4.78 is 6.42. The van der Waals surface area contributed by atoms with Crippen LogP contribution in [-0.2, 0) is 4.79 Å². The number of allylic oxidation sites excluding steroid dienone is 1. The predicted octanol–water partition coefficient (Wildman–Crippen LogP) is 6.60. The molecule has 1 amide bonds. The standard InChI is InChI=1S/C28H38N2O4/c1-5-6-12-24-19(2)20(3)27(34-24)26(21-10-8-7-9-11-21)29-23-15-13-22(14-16-23)28(33)30(4)18-17-25(31)32/h6,12-16,21,26,29H,5,7-11,17-18H2,1-4H3,(H,31,32)/b12-6-. The van der Waals surface area contributed by atoms with E-state index in [-0.39, 0.29) is 24.9 Å². The van der Waals surface area contributed by atoms with Crippen LogP contribution in [0.3, 0.4) is 0 Å². The van der Waals surface area contributed by atoms with Gasteiger partial charge in [-0.25, -0.2) is 0 Å². The van der Waals surface area contributed by atoms with Crippen molar-refractivity contribution in [1.82, 2.24) is 4.90 Å². The Labute approximate surface area is 203 Å². The molecule has 0 spiro atoms. The third kappa shape index (κ3) is 6.31. The van der Waals surface area contributed by atoms with E-state index < -0.39 is 5.97 Å². The number of anilines is 1. The van der Waals surface area contributed by atoms with Crippen molar-refractivity contribution >= 4 is 23.6 Å². The van der Waals surface area contributed by atoms with Crippen LogP contribution in [0.2, 0.25) is 0 Å². The first-order valence-electron chi connectivity index (χ1n) is 12.4. The van der Waals surface area contributed by atoms with Gasteiger partial charge in [-0.1, -0.05) is 32.3 Å². The molecule has 3 rings (SSSR count). The van der Waals surface area contributed by atoms with Crippen LogP contribution in [0, 0.1) is 19.8 Å². The van der Waals surface area contributed by atoms with Gasteiger partial charge >= 0.3 is 5.97 Å². The number of carbonyl (C=O) groups excluding carboxylic acids is 1. The molecule has 1 heterocycles. The molecule has 1 atom stereocenters. The number of rotatable bonds is 10. The van der Waals surface area contributed by atoms with Crippen molar-refractivity contribution in [3.05, 3.63) is 58.6 Å². The third-order valence-electron chi connectivity index (χ3n) is 6.89. The van der Waals surface area contributed by atoms with Crippen molar-refractivity contribution in [1.29, 1.82) is 0 Å². The van der Waals surface area contributed by atoms with Crippen LogP contribution >= 0.6 is 0 Å². The summed E-state index contributed by atoms with van der Waals surface area (Å²) in [5.41, 5.74) is 3.88. The van der Waals surface area contributed by atoms with Crippen LogP contribution in [0.1, 0.15) is 90.9 Å². The second-order valence-corrected chi connectivity index (χ2v) is 9.36. The van der Waals surface area contributed by atoms with Gasteiger partial charge in [0.15, 0.2) is 0 Å². The van der Waals surface area contributed by atoms with E-state index >= 15 is 0 Å². The highest BCUT2D eigenvalue weighted by Crippen LogP contribution is 2.40. The predicted molar refractivity (Wildman–Crippen MR) is 136 cm³/mol. The number of carbonyl (C=O) groups is 2. The van der Waals surface area contributed by atoms with Gasteiger partial charge in [0, 0.05) is 24.8 Å². The van der Waals surface area contributed by atoms with Crippen LogP contribution in [-0.4, -0.2) is 35.5 Å². The zero-order valence-electron chi connectivity index (χ0n) is 20.9. The minimum Gasteiger partial charge on any atom is -0.481 e. The average Bonchev–Trinajstić information content (AvgIpc) is 3.13. The number of furan rings is 1.